The van der Waals surface area contributed by atoms with Gasteiger partial charge in [-0.15, -0.1) is 10.2 Å². The van der Waals surface area contributed by atoms with Gasteiger partial charge in [0.15, 0.2) is 5.82 Å². The molecule has 0 bridgehead atoms. The molecule has 1 aliphatic heterocycles. The van der Waals surface area contributed by atoms with Gasteiger partial charge in [-0.05, 0) is 36.1 Å². The van der Waals surface area contributed by atoms with Crippen molar-refractivity contribution in [3.63, 3.8) is 0 Å². The molecule has 0 fully saturated rings. The van der Waals surface area contributed by atoms with Crippen molar-refractivity contribution in [2.75, 3.05) is 0 Å². The molecule has 0 radical (unpaired) electrons. The Morgan fingerprint density at radius 2 is 2.21 bits per heavy atom. The Kier molecular flexibility index (Phi) is 5.00. The Balaban J connectivity index is 1.72. The summed E-state index contributed by atoms with van der Waals surface area (Å²) in [6.07, 6.45) is 5.33. The molecule has 0 saturated heterocycles. The van der Waals surface area contributed by atoms with Crippen molar-refractivity contribution in [3.8, 4) is 0 Å². The molecule has 126 valence electrons. The average molecular weight is 345 g/mol. The predicted octanol–water partition coefficient (Wildman–Crippen LogP) is 3.40. The predicted molar refractivity (Wildman–Crippen MR) is 94.6 cm³/mol. The Morgan fingerprint density at radius 1 is 1.38 bits per heavy atom. The van der Waals surface area contributed by atoms with Gasteiger partial charge in [-0.2, -0.15) is 0 Å². The van der Waals surface area contributed by atoms with E-state index in [9.17, 15) is 4.79 Å². The molecule has 1 aliphatic rings. The van der Waals surface area contributed by atoms with Crippen LogP contribution in [-0.4, -0.2) is 20.7 Å². The molecule has 0 unspecified atom stereocenters. The van der Waals surface area contributed by atoms with E-state index in [0.717, 1.165) is 36.6 Å². The molecule has 1 aromatic heterocycles. The van der Waals surface area contributed by atoms with Gasteiger partial charge < -0.3 is 9.88 Å². The van der Waals surface area contributed by atoms with Crippen molar-refractivity contribution >= 4 is 23.6 Å². The maximum atomic E-state index is 12.3. The summed E-state index contributed by atoms with van der Waals surface area (Å²) in [5.74, 6) is 1.94. The maximum absolute atomic E-state index is 12.3. The zero-order chi connectivity index (χ0) is 17.1. The monoisotopic (exact) mass is 344 g/mol. The van der Waals surface area contributed by atoms with E-state index in [0.29, 0.717) is 5.02 Å². The summed E-state index contributed by atoms with van der Waals surface area (Å²) in [5, 5.41) is 12.2. The number of rotatable bonds is 5. The standard InChI is InChI=1S/C18H21ClN4O/c1-12(2)17(18-22-21-15-7-4-10-23(15)18)20-16(24)9-8-13-5-3-6-14(19)11-13/h3,5-6,8-9,11-12,17H,4,7,10H2,1-2H3,(H,20,24)/b9-8-/t17-/m0/s1. The lowest BCUT2D eigenvalue weighted by atomic mass is 10.0. The van der Waals surface area contributed by atoms with E-state index in [1.54, 1.807) is 12.1 Å². The number of benzene rings is 1. The molecule has 0 aliphatic carbocycles. The van der Waals surface area contributed by atoms with Crippen LogP contribution in [-0.2, 0) is 17.8 Å². The number of hydrogen-bond acceptors (Lipinski definition) is 3. The molecule has 1 aromatic carbocycles. The second kappa shape index (κ2) is 7.18. The van der Waals surface area contributed by atoms with Crippen LogP contribution in [0.4, 0.5) is 0 Å². The molecule has 1 N–H and O–H groups in total. The topological polar surface area (TPSA) is 59.8 Å². The normalized spacial score (nSPS) is 15.0. The van der Waals surface area contributed by atoms with Gasteiger partial charge in [0.05, 0.1) is 6.04 Å². The number of aromatic nitrogens is 3. The number of aryl methyl sites for hydroxylation is 1. The van der Waals surface area contributed by atoms with Gasteiger partial charge in [-0.25, -0.2) is 0 Å². The third kappa shape index (κ3) is 3.67. The molecular formula is C18H21ClN4O. The van der Waals surface area contributed by atoms with Crippen molar-refractivity contribution in [3.05, 3.63) is 52.6 Å². The van der Waals surface area contributed by atoms with Crippen LogP contribution in [0.3, 0.4) is 0 Å². The van der Waals surface area contributed by atoms with Crippen LogP contribution < -0.4 is 5.32 Å². The number of hydrogen-bond donors (Lipinski definition) is 1. The number of carbonyl (C=O) groups excluding carboxylic acids is 1. The van der Waals surface area contributed by atoms with Crippen molar-refractivity contribution in [1.29, 1.82) is 0 Å². The fourth-order valence-electron chi connectivity index (χ4n) is 2.92. The van der Waals surface area contributed by atoms with Gasteiger partial charge in [0.25, 0.3) is 0 Å². The Labute approximate surface area is 146 Å². The second-order valence-electron chi connectivity index (χ2n) is 6.35. The fourth-order valence-corrected chi connectivity index (χ4v) is 3.11. The van der Waals surface area contributed by atoms with E-state index >= 15 is 0 Å². The summed E-state index contributed by atoms with van der Waals surface area (Å²) in [4.78, 5) is 12.3. The number of nitrogens with one attached hydrogen (secondary N) is 1. The van der Waals surface area contributed by atoms with Crippen LogP contribution >= 0.6 is 11.6 Å². The van der Waals surface area contributed by atoms with Crippen molar-refractivity contribution in [2.45, 2.75) is 39.3 Å². The Bertz CT molecular complexity index is 766. The van der Waals surface area contributed by atoms with Crippen LogP contribution in [0.2, 0.25) is 5.02 Å². The van der Waals surface area contributed by atoms with Gasteiger partial charge in [0, 0.05) is 24.1 Å². The quantitative estimate of drug-likeness (QED) is 0.845. The first-order chi connectivity index (χ1) is 11.5. The Morgan fingerprint density at radius 3 is 2.96 bits per heavy atom. The summed E-state index contributed by atoms with van der Waals surface area (Å²) in [6.45, 7) is 5.07. The number of nitrogens with zero attached hydrogens (tertiary/aromatic N) is 3. The minimum atomic E-state index is -0.152. The molecule has 1 atom stereocenters. The van der Waals surface area contributed by atoms with Crippen molar-refractivity contribution in [1.82, 2.24) is 20.1 Å². The van der Waals surface area contributed by atoms with E-state index in [4.69, 9.17) is 11.6 Å². The van der Waals surface area contributed by atoms with Gasteiger partial charge in [0.1, 0.15) is 5.82 Å². The van der Waals surface area contributed by atoms with Crippen molar-refractivity contribution in [2.24, 2.45) is 5.92 Å². The molecule has 24 heavy (non-hydrogen) atoms. The smallest absolute Gasteiger partial charge is 0.244 e. The molecular weight excluding hydrogens is 324 g/mol. The Hall–Kier alpha value is -2.14. The third-order valence-corrected chi connectivity index (χ3v) is 4.39. The summed E-state index contributed by atoms with van der Waals surface area (Å²) < 4.78 is 2.13. The first kappa shape index (κ1) is 16.7. The zero-order valence-electron chi connectivity index (χ0n) is 13.9. The molecule has 0 spiro atoms. The summed E-state index contributed by atoms with van der Waals surface area (Å²) in [5.41, 5.74) is 0.891. The highest BCUT2D eigenvalue weighted by molar-refractivity contribution is 6.30. The van der Waals surface area contributed by atoms with Gasteiger partial charge in [-0.1, -0.05) is 37.6 Å². The minimum absolute atomic E-state index is 0.149. The highest BCUT2D eigenvalue weighted by Gasteiger charge is 2.27. The van der Waals surface area contributed by atoms with Gasteiger partial charge in [-0.3, -0.25) is 4.79 Å². The van der Waals surface area contributed by atoms with E-state index in [1.165, 1.54) is 6.08 Å². The number of halogens is 1. The molecule has 5 nitrogen and oxygen atoms in total. The third-order valence-electron chi connectivity index (χ3n) is 4.16. The molecule has 1 amide bonds. The second-order valence-corrected chi connectivity index (χ2v) is 6.78. The average Bonchev–Trinajstić information content (AvgIpc) is 3.14. The fraction of sp³-hybridized carbons (Fsp3) is 0.389. The summed E-state index contributed by atoms with van der Waals surface area (Å²) >= 11 is 5.96. The lowest BCUT2D eigenvalue weighted by Gasteiger charge is -2.21. The highest BCUT2D eigenvalue weighted by atomic mass is 35.5. The molecule has 2 aromatic rings. The molecule has 2 heterocycles. The van der Waals surface area contributed by atoms with E-state index in [-0.39, 0.29) is 17.9 Å². The number of amides is 1. The first-order valence-electron chi connectivity index (χ1n) is 8.20. The lowest BCUT2D eigenvalue weighted by molar-refractivity contribution is -0.117. The minimum Gasteiger partial charge on any atom is -0.342 e. The summed E-state index contributed by atoms with van der Waals surface area (Å²) in [7, 11) is 0. The van der Waals surface area contributed by atoms with E-state index < -0.39 is 0 Å². The van der Waals surface area contributed by atoms with E-state index in [2.05, 4.69) is 33.9 Å². The summed E-state index contributed by atoms with van der Waals surface area (Å²) in [6, 6.07) is 7.23. The first-order valence-corrected chi connectivity index (χ1v) is 8.58. The highest BCUT2D eigenvalue weighted by Crippen LogP contribution is 2.24. The molecule has 6 heteroatoms. The van der Waals surface area contributed by atoms with E-state index in [1.807, 2.05) is 18.2 Å². The van der Waals surface area contributed by atoms with Crippen molar-refractivity contribution < 1.29 is 4.79 Å². The van der Waals surface area contributed by atoms with Gasteiger partial charge in [0.2, 0.25) is 5.91 Å². The zero-order valence-corrected chi connectivity index (χ0v) is 14.6. The molecule has 0 saturated carbocycles. The van der Waals surface area contributed by atoms with Crippen LogP contribution in [0.5, 0.6) is 0 Å². The van der Waals surface area contributed by atoms with Crippen LogP contribution in [0.25, 0.3) is 6.08 Å². The largest absolute Gasteiger partial charge is 0.342 e. The van der Waals surface area contributed by atoms with Crippen LogP contribution in [0.15, 0.2) is 30.3 Å². The van der Waals surface area contributed by atoms with Crippen LogP contribution in [0.1, 0.15) is 43.5 Å². The number of carbonyl (C=O) groups is 1. The van der Waals surface area contributed by atoms with Crippen LogP contribution in [0, 0.1) is 5.92 Å². The molecule has 3 rings (SSSR count). The maximum Gasteiger partial charge on any atom is 0.244 e. The van der Waals surface area contributed by atoms with Gasteiger partial charge >= 0.3 is 0 Å². The number of fused-ring (bicyclic) bond motifs is 1. The SMILES string of the molecule is CC(C)[C@H](NC(=O)/C=C\c1cccc(Cl)c1)c1nnc2n1CCC2. The lowest BCUT2D eigenvalue weighted by Crippen LogP contribution is -2.32.